The summed E-state index contributed by atoms with van der Waals surface area (Å²) < 4.78 is 0. The van der Waals surface area contributed by atoms with Crippen LogP contribution in [0.4, 0.5) is 0 Å². The molecule has 0 spiro atoms. The monoisotopic (exact) mass is 264 g/mol. The first kappa shape index (κ1) is 15.5. The van der Waals surface area contributed by atoms with Gasteiger partial charge in [0, 0.05) is 17.6 Å². The van der Waals surface area contributed by atoms with Gasteiger partial charge >= 0.3 is 0 Å². The first-order valence-electron chi connectivity index (χ1n) is 6.53. The summed E-state index contributed by atoms with van der Waals surface area (Å²) in [7, 11) is 0. The van der Waals surface area contributed by atoms with Gasteiger partial charge in [-0.05, 0) is 40.2 Å². The Bertz CT molecular complexity index is 450. The molecular weight excluding hydrogens is 240 g/mol. The van der Waals surface area contributed by atoms with E-state index in [0.29, 0.717) is 12.3 Å². The van der Waals surface area contributed by atoms with Crippen LogP contribution in [0.1, 0.15) is 38.8 Å². The van der Waals surface area contributed by atoms with Gasteiger partial charge in [0.25, 0.3) is 0 Å². The van der Waals surface area contributed by atoms with E-state index in [0.717, 1.165) is 11.1 Å². The molecule has 1 unspecified atom stereocenters. The molecule has 4 heteroatoms. The molecule has 0 aliphatic rings. The van der Waals surface area contributed by atoms with Crippen molar-refractivity contribution < 1.29 is 9.90 Å². The van der Waals surface area contributed by atoms with E-state index in [4.69, 9.17) is 0 Å². The fourth-order valence-corrected chi connectivity index (χ4v) is 1.70. The molecule has 0 aromatic heterocycles. The quantitative estimate of drug-likeness (QED) is 0.780. The van der Waals surface area contributed by atoms with Gasteiger partial charge in [-0.3, -0.25) is 4.79 Å². The molecule has 0 bridgehead atoms. The van der Waals surface area contributed by atoms with Crippen LogP contribution < -0.4 is 10.6 Å². The molecule has 1 atom stereocenters. The van der Waals surface area contributed by atoms with Crippen LogP contribution in [-0.4, -0.2) is 22.6 Å². The van der Waals surface area contributed by atoms with Crippen molar-refractivity contribution in [2.45, 2.75) is 52.7 Å². The van der Waals surface area contributed by atoms with Gasteiger partial charge in [0.15, 0.2) is 0 Å². The molecular formula is C15H24N2O2. The Hall–Kier alpha value is -1.55. The number of amides is 1. The van der Waals surface area contributed by atoms with Gasteiger partial charge in [-0.2, -0.15) is 0 Å². The van der Waals surface area contributed by atoms with Crippen LogP contribution in [0, 0.1) is 6.92 Å². The Morgan fingerprint density at radius 3 is 2.58 bits per heavy atom. The molecule has 3 N–H and O–H groups in total. The van der Waals surface area contributed by atoms with Gasteiger partial charge in [-0.1, -0.05) is 18.2 Å². The van der Waals surface area contributed by atoms with E-state index in [1.54, 1.807) is 0 Å². The van der Waals surface area contributed by atoms with Crippen LogP contribution in [0.15, 0.2) is 18.2 Å². The van der Waals surface area contributed by atoms with Gasteiger partial charge in [0.2, 0.25) is 5.91 Å². The molecule has 1 aromatic carbocycles. The van der Waals surface area contributed by atoms with E-state index in [-0.39, 0.29) is 17.5 Å². The summed E-state index contributed by atoms with van der Waals surface area (Å²) in [5, 5.41) is 15.9. The summed E-state index contributed by atoms with van der Waals surface area (Å²) in [4.78, 5) is 11.9. The number of hydrogen-bond acceptors (Lipinski definition) is 3. The lowest BCUT2D eigenvalue weighted by atomic mass is 10.1. The van der Waals surface area contributed by atoms with Crippen molar-refractivity contribution in [3.63, 3.8) is 0 Å². The fourth-order valence-electron chi connectivity index (χ4n) is 1.70. The van der Waals surface area contributed by atoms with Gasteiger partial charge < -0.3 is 15.7 Å². The van der Waals surface area contributed by atoms with E-state index in [2.05, 4.69) is 10.6 Å². The number of para-hydroxylation sites is 1. The Morgan fingerprint density at radius 2 is 2.00 bits per heavy atom. The number of carbonyl (C=O) groups excluding carboxylic acids is 1. The molecule has 4 nitrogen and oxygen atoms in total. The second-order valence-electron chi connectivity index (χ2n) is 5.92. The zero-order chi connectivity index (χ0) is 14.6. The maximum atomic E-state index is 11.9. The Morgan fingerprint density at radius 1 is 1.37 bits per heavy atom. The molecule has 1 rings (SSSR count). The number of hydrogen-bond donors (Lipinski definition) is 3. The van der Waals surface area contributed by atoms with E-state index in [1.165, 1.54) is 0 Å². The third-order valence-electron chi connectivity index (χ3n) is 2.81. The highest BCUT2D eigenvalue weighted by Crippen LogP contribution is 2.21. The number of nitrogens with one attached hydrogen (secondary N) is 2. The summed E-state index contributed by atoms with van der Waals surface area (Å²) in [5.41, 5.74) is 1.40. The minimum absolute atomic E-state index is 0.0420. The first-order chi connectivity index (χ1) is 8.70. The van der Waals surface area contributed by atoms with Crippen molar-refractivity contribution in [3.8, 4) is 5.75 Å². The first-order valence-corrected chi connectivity index (χ1v) is 6.53. The van der Waals surface area contributed by atoms with Crippen LogP contribution in [0.25, 0.3) is 0 Å². The second-order valence-corrected chi connectivity index (χ2v) is 5.92. The van der Waals surface area contributed by atoms with Crippen molar-refractivity contribution in [2.75, 3.05) is 0 Å². The van der Waals surface area contributed by atoms with E-state index < -0.39 is 0 Å². The summed E-state index contributed by atoms with van der Waals surface area (Å²) in [5.74, 6) is 0.248. The van der Waals surface area contributed by atoms with Crippen molar-refractivity contribution >= 4 is 5.91 Å². The van der Waals surface area contributed by atoms with Gasteiger partial charge in [0.05, 0.1) is 6.04 Å². The predicted octanol–water partition coefficient (Wildman–Crippen LogP) is 2.09. The van der Waals surface area contributed by atoms with Crippen molar-refractivity contribution in [3.05, 3.63) is 29.3 Å². The second kappa shape index (κ2) is 6.06. The number of rotatable bonds is 4. The highest BCUT2D eigenvalue weighted by Gasteiger charge is 2.19. The lowest BCUT2D eigenvalue weighted by Gasteiger charge is -2.23. The molecule has 0 aliphatic carbocycles. The topological polar surface area (TPSA) is 61.4 Å². The average molecular weight is 264 g/mol. The minimum Gasteiger partial charge on any atom is -0.507 e. The number of benzene rings is 1. The third kappa shape index (κ3) is 4.91. The summed E-state index contributed by atoms with van der Waals surface area (Å²) in [6.07, 6.45) is 0. The van der Waals surface area contributed by atoms with Gasteiger partial charge in [-0.15, -0.1) is 0 Å². The van der Waals surface area contributed by atoms with Crippen LogP contribution >= 0.6 is 0 Å². The fraction of sp³-hybridized carbons (Fsp3) is 0.533. The Kier molecular flexibility index (Phi) is 4.95. The lowest BCUT2D eigenvalue weighted by Crippen LogP contribution is -2.49. The average Bonchev–Trinajstić information content (AvgIpc) is 2.28. The minimum atomic E-state index is -0.306. The van der Waals surface area contributed by atoms with Crippen LogP contribution in [-0.2, 0) is 11.3 Å². The molecule has 0 saturated carbocycles. The van der Waals surface area contributed by atoms with Gasteiger partial charge in [0.1, 0.15) is 5.75 Å². The molecule has 0 fully saturated rings. The van der Waals surface area contributed by atoms with Crippen molar-refractivity contribution in [1.29, 1.82) is 0 Å². The zero-order valence-electron chi connectivity index (χ0n) is 12.4. The standard InChI is InChI=1S/C15H24N2O2/c1-10-7-6-8-12(13(10)18)9-16-11(2)14(19)17-15(3,4)5/h6-8,11,16,18H,9H2,1-5H3,(H,17,19). The SMILES string of the molecule is Cc1cccc(CNC(C)C(=O)NC(C)(C)C)c1O. The molecule has 0 saturated heterocycles. The van der Waals surface area contributed by atoms with Crippen LogP contribution in [0.3, 0.4) is 0 Å². The lowest BCUT2D eigenvalue weighted by molar-refractivity contribution is -0.124. The Labute approximate surface area is 115 Å². The molecule has 1 amide bonds. The summed E-state index contributed by atoms with van der Waals surface area (Å²) in [6, 6.07) is 5.30. The van der Waals surface area contributed by atoms with E-state index in [9.17, 15) is 9.90 Å². The summed E-state index contributed by atoms with van der Waals surface area (Å²) >= 11 is 0. The molecule has 0 radical (unpaired) electrons. The number of carbonyl (C=O) groups is 1. The zero-order valence-corrected chi connectivity index (χ0v) is 12.4. The van der Waals surface area contributed by atoms with Crippen LogP contribution in [0.5, 0.6) is 5.75 Å². The molecule has 1 aromatic rings. The third-order valence-corrected chi connectivity index (χ3v) is 2.81. The highest BCUT2D eigenvalue weighted by atomic mass is 16.3. The maximum absolute atomic E-state index is 11.9. The normalized spacial score (nSPS) is 13.1. The van der Waals surface area contributed by atoms with Crippen molar-refractivity contribution in [1.82, 2.24) is 10.6 Å². The molecule has 0 aliphatic heterocycles. The molecule has 106 valence electrons. The van der Waals surface area contributed by atoms with Crippen molar-refractivity contribution in [2.24, 2.45) is 0 Å². The number of aryl methyl sites for hydroxylation is 1. The number of aromatic hydroxyl groups is 1. The largest absolute Gasteiger partial charge is 0.507 e. The van der Waals surface area contributed by atoms with E-state index >= 15 is 0 Å². The van der Waals surface area contributed by atoms with E-state index in [1.807, 2.05) is 52.8 Å². The van der Waals surface area contributed by atoms with Crippen LogP contribution in [0.2, 0.25) is 0 Å². The number of phenolic OH excluding ortho intramolecular Hbond substituents is 1. The molecule has 19 heavy (non-hydrogen) atoms. The smallest absolute Gasteiger partial charge is 0.237 e. The predicted molar refractivity (Wildman–Crippen MR) is 77.0 cm³/mol. The Balaban J connectivity index is 2.57. The highest BCUT2D eigenvalue weighted by molar-refractivity contribution is 5.81. The summed E-state index contributed by atoms with van der Waals surface area (Å²) in [6.45, 7) is 9.98. The molecule has 0 heterocycles. The number of phenols is 1. The maximum Gasteiger partial charge on any atom is 0.237 e. The van der Waals surface area contributed by atoms with Gasteiger partial charge in [-0.25, -0.2) is 0 Å².